The molecule has 0 saturated heterocycles. The first kappa shape index (κ1) is 19.1. The van der Waals surface area contributed by atoms with E-state index in [4.69, 9.17) is 4.43 Å². The molecule has 0 saturated carbocycles. The Bertz CT molecular complexity index is 357. The Morgan fingerprint density at radius 1 is 1.35 bits per heavy atom. The molecule has 0 aromatic heterocycles. The van der Waals surface area contributed by atoms with Gasteiger partial charge in [-0.15, -0.1) is 0 Å². The van der Waals surface area contributed by atoms with Crippen LogP contribution < -0.4 is 5.48 Å². The van der Waals surface area contributed by atoms with Crippen LogP contribution in [0.4, 0.5) is 0 Å². The molecule has 1 amide bonds. The van der Waals surface area contributed by atoms with Crippen LogP contribution in [0, 0.1) is 0 Å². The van der Waals surface area contributed by atoms with Crippen molar-refractivity contribution in [1.82, 2.24) is 5.48 Å². The summed E-state index contributed by atoms with van der Waals surface area (Å²) < 4.78 is 6.32. The number of carbonyl (C=O) groups excluding carboxylic acids is 1. The van der Waals surface area contributed by atoms with Gasteiger partial charge in [0.25, 0.3) is 5.91 Å². The summed E-state index contributed by atoms with van der Waals surface area (Å²) in [6.07, 6.45) is 7.99. The van der Waals surface area contributed by atoms with E-state index < -0.39 is 8.32 Å². The number of hydroxylamine groups is 1. The van der Waals surface area contributed by atoms with E-state index in [1.165, 1.54) is 13.2 Å². The lowest BCUT2D eigenvalue weighted by atomic mass is 10.2. The van der Waals surface area contributed by atoms with Crippen molar-refractivity contribution in [2.75, 3.05) is 7.11 Å². The molecule has 0 aliphatic rings. The lowest BCUT2D eigenvalue weighted by Crippen LogP contribution is -2.43. The molecule has 0 aliphatic heterocycles. The third-order valence-electron chi connectivity index (χ3n) is 3.50. The van der Waals surface area contributed by atoms with Gasteiger partial charge in [0, 0.05) is 6.08 Å². The molecule has 4 nitrogen and oxygen atoms in total. The molecular formula is C15H29NO3Si. The lowest BCUT2D eigenvalue weighted by Gasteiger charge is -2.38. The Morgan fingerprint density at radius 3 is 2.40 bits per heavy atom. The van der Waals surface area contributed by atoms with Gasteiger partial charge in [-0.1, -0.05) is 39.0 Å². The lowest BCUT2D eigenvalue weighted by molar-refractivity contribution is -0.126. The summed E-state index contributed by atoms with van der Waals surface area (Å²) in [4.78, 5) is 15.8. The number of rotatable bonds is 7. The quantitative estimate of drug-likeness (QED) is 0.338. The molecule has 0 fully saturated rings. The number of allylic oxidation sites excluding steroid dienone is 1. The van der Waals surface area contributed by atoms with E-state index in [0.29, 0.717) is 6.42 Å². The highest BCUT2D eigenvalue weighted by Crippen LogP contribution is 2.37. The van der Waals surface area contributed by atoms with Gasteiger partial charge in [-0.25, -0.2) is 5.48 Å². The van der Waals surface area contributed by atoms with E-state index in [2.05, 4.69) is 44.2 Å². The second kappa shape index (κ2) is 8.39. The summed E-state index contributed by atoms with van der Waals surface area (Å²) >= 11 is 0. The zero-order chi connectivity index (χ0) is 15.8. The zero-order valence-corrected chi connectivity index (χ0v) is 14.8. The highest BCUT2D eigenvalue weighted by molar-refractivity contribution is 6.74. The van der Waals surface area contributed by atoms with E-state index >= 15 is 0 Å². The number of carbonyl (C=O) groups is 1. The van der Waals surface area contributed by atoms with Gasteiger partial charge in [0.1, 0.15) is 0 Å². The average molecular weight is 299 g/mol. The second-order valence-corrected chi connectivity index (χ2v) is 11.0. The summed E-state index contributed by atoms with van der Waals surface area (Å²) in [7, 11) is -0.396. The Morgan fingerprint density at radius 2 is 1.95 bits per heavy atom. The van der Waals surface area contributed by atoms with Crippen molar-refractivity contribution in [3.05, 3.63) is 24.3 Å². The van der Waals surface area contributed by atoms with Crippen LogP contribution in [-0.2, 0) is 14.1 Å². The fourth-order valence-electron chi connectivity index (χ4n) is 1.38. The average Bonchev–Trinajstić information content (AvgIpc) is 2.27. The van der Waals surface area contributed by atoms with E-state index in [9.17, 15) is 4.79 Å². The molecule has 5 heteroatoms. The van der Waals surface area contributed by atoms with Gasteiger partial charge in [0.05, 0.1) is 13.2 Å². The van der Waals surface area contributed by atoms with Crippen LogP contribution in [-0.4, -0.2) is 27.4 Å². The number of hydrogen-bond acceptors (Lipinski definition) is 3. The molecule has 0 radical (unpaired) electrons. The van der Waals surface area contributed by atoms with Crippen LogP contribution >= 0.6 is 0 Å². The van der Waals surface area contributed by atoms with E-state index in [0.717, 1.165) is 0 Å². The standard InChI is InChI=1S/C15H29NO3Si/c1-8-10-13(11-9-12-14(17)16-18-5)19-20(6,7)15(2,3)4/h8-10,12-13H,11H2,1-7H3,(H,16,17)/b10-8+,12-9+/t13-/m0/s1. The van der Waals surface area contributed by atoms with Crippen molar-refractivity contribution in [3.63, 3.8) is 0 Å². The summed E-state index contributed by atoms with van der Waals surface area (Å²) in [5.74, 6) is -0.265. The number of hydrogen-bond donors (Lipinski definition) is 1. The molecule has 0 unspecified atom stereocenters. The SMILES string of the molecule is C/C=C/[C@@H](C/C=C/C(=O)NOC)O[Si](C)(C)C(C)(C)C. The molecule has 0 heterocycles. The predicted molar refractivity (Wildman–Crippen MR) is 85.8 cm³/mol. The van der Waals surface area contributed by atoms with Gasteiger partial charge in [0.2, 0.25) is 0 Å². The van der Waals surface area contributed by atoms with Gasteiger partial charge >= 0.3 is 0 Å². The molecule has 0 aliphatic carbocycles. The largest absolute Gasteiger partial charge is 0.410 e. The first-order chi connectivity index (χ1) is 9.14. The van der Waals surface area contributed by atoms with Crippen LogP contribution in [0.25, 0.3) is 0 Å². The molecule has 0 rings (SSSR count). The zero-order valence-electron chi connectivity index (χ0n) is 13.8. The normalized spacial score (nSPS) is 14.9. The number of nitrogens with one attached hydrogen (secondary N) is 1. The minimum atomic E-state index is -1.81. The Kier molecular flexibility index (Phi) is 8.01. The summed E-state index contributed by atoms with van der Waals surface area (Å²) in [6.45, 7) is 13.1. The molecule has 20 heavy (non-hydrogen) atoms. The van der Waals surface area contributed by atoms with Crippen LogP contribution in [0.1, 0.15) is 34.1 Å². The van der Waals surface area contributed by atoms with E-state index in [-0.39, 0.29) is 17.0 Å². The summed E-state index contributed by atoms with van der Waals surface area (Å²) in [5.41, 5.74) is 2.25. The predicted octanol–water partition coefficient (Wildman–Crippen LogP) is 3.58. The van der Waals surface area contributed by atoms with Gasteiger partial charge in [-0.05, 0) is 31.5 Å². The van der Waals surface area contributed by atoms with Gasteiger partial charge in [-0.3, -0.25) is 9.63 Å². The Balaban J connectivity index is 4.64. The molecule has 0 spiro atoms. The minimum Gasteiger partial charge on any atom is -0.410 e. The summed E-state index contributed by atoms with van der Waals surface area (Å²) in [6, 6.07) is 0. The maximum atomic E-state index is 11.3. The first-order valence-electron chi connectivity index (χ1n) is 6.94. The molecule has 1 N–H and O–H groups in total. The van der Waals surface area contributed by atoms with Crippen molar-refractivity contribution < 1.29 is 14.1 Å². The number of amides is 1. The summed E-state index contributed by atoms with van der Waals surface area (Å²) in [5, 5.41) is 0.171. The monoisotopic (exact) mass is 299 g/mol. The van der Waals surface area contributed by atoms with Crippen molar-refractivity contribution in [1.29, 1.82) is 0 Å². The van der Waals surface area contributed by atoms with Crippen molar-refractivity contribution >= 4 is 14.2 Å². The molecule has 116 valence electrons. The fraction of sp³-hybridized carbons (Fsp3) is 0.667. The molecule has 0 aromatic rings. The third-order valence-corrected chi connectivity index (χ3v) is 8.00. The second-order valence-electron chi connectivity index (χ2n) is 6.25. The van der Waals surface area contributed by atoms with Crippen LogP contribution in [0.2, 0.25) is 18.1 Å². The topological polar surface area (TPSA) is 47.6 Å². The highest BCUT2D eigenvalue weighted by Gasteiger charge is 2.38. The minimum absolute atomic E-state index is 0.00693. The van der Waals surface area contributed by atoms with Gasteiger partial charge in [-0.2, -0.15) is 0 Å². The first-order valence-corrected chi connectivity index (χ1v) is 9.85. The Labute approximate surface area is 124 Å². The van der Waals surface area contributed by atoms with Crippen molar-refractivity contribution in [3.8, 4) is 0 Å². The highest BCUT2D eigenvalue weighted by atomic mass is 28.4. The van der Waals surface area contributed by atoms with Crippen molar-refractivity contribution in [2.24, 2.45) is 0 Å². The Hall–Kier alpha value is -0.913. The van der Waals surface area contributed by atoms with Crippen molar-refractivity contribution in [2.45, 2.75) is 58.4 Å². The molecular weight excluding hydrogens is 270 g/mol. The molecule has 0 bridgehead atoms. The molecule has 0 aromatic carbocycles. The third kappa shape index (κ3) is 7.03. The maximum Gasteiger partial charge on any atom is 0.267 e. The maximum absolute atomic E-state index is 11.3. The van der Waals surface area contributed by atoms with Crippen LogP contribution in [0.15, 0.2) is 24.3 Å². The smallest absolute Gasteiger partial charge is 0.267 e. The van der Waals surface area contributed by atoms with Gasteiger partial charge < -0.3 is 4.43 Å². The van der Waals surface area contributed by atoms with Gasteiger partial charge in [0.15, 0.2) is 8.32 Å². The van der Waals surface area contributed by atoms with Crippen LogP contribution in [0.5, 0.6) is 0 Å². The molecule has 1 atom stereocenters. The van der Waals surface area contributed by atoms with E-state index in [1.54, 1.807) is 0 Å². The van der Waals surface area contributed by atoms with E-state index in [1.807, 2.05) is 25.2 Å². The van der Waals surface area contributed by atoms with Crippen LogP contribution in [0.3, 0.4) is 0 Å². The fourth-order valence-corrected chi connectivity index (χ4v) is 2.66.